The molecule has 0 aromatic heterocycles. The van der Waals surface area contributed by atoms with E-state index in [1.807, 2.05) is 7.05 Å². The lowest BCUT2D eigenvalue weighted by atomic mass is 9.87. The smallest absolute Gasteiger partial charge is 0.191 e. The van der Waals surface area contributed by atoms with E-state index in [2.05, 4.69) is 34.5 Å². The van der Waals surface area contributed by atoms with E-state index in [4.69, 9.17) is 4.74 Å². The van der Waals surface area contributed by atoms with Gasteiger partial charge < -0.3 is 20.3 Å². The van der Waals surface area contributed by atoms with E-state index in [9.17, 15) is 0 Å². The lowest BCUT2D eigenvalue weighted by Crippen LogP contribution is -2.45. The molecule has 0 saturated heterocycles. The number of rotatable bonds is 8. The maximum absolute atomic E-state index is 5.08. The third kappa shape index (κ3) is 8.27. The van der Waals surface area contributed by atoms with Crippen LogP contribution in [0.5, 0.6) is 0 Å². The topological polar surface area (TPSA) is 48.9 Å². The Balaban J connectivity index is 2.11. The maximum Gasteiger partial charge on any atom is 0.191 e. The molecule has 0 atom stereocenters. The number of ether oxygens (including phenoxy) is 1. The van der Waals surface area contributed by atoms with Gasteiger partial charge in [0.2, 0.25) is 0 Å². The molecule has 1 rings (SSSR count). The van der Waals surface area contributed by atoms with Gasteiger partial charge >= 0.3 is 0 Å². The summed E-state index contributed by atoms with van der Waals surface area (Å²) < 4.78 is 5.08. The molecule has 5 nitrogen and oxygen atoms in total. The molecule has 1 aliphatic rings. The van der Waals surface area contributed by atoms with Crippen LogP contribution in [0.1, 0.15) is 39.0 Å². The minimum absolute atomic E-state index is 0.594. The Labute approximate surface area is 130 Å². The molecule has 0 unspecified atom stereocenters. The van der Waals surface area contributed by atoms with Crippen molar-refractivity contribution in [2.24, 2.45) is 10.9 Å². The van der Waals surface area contributed by atoms with Crippen molar-refractivity contribution < 1.29 is 4.74 Å². The molecule has 1 fully saturated rings. The number of likely N-dealkylation sites (N-methyl/N-ethyl adjacent to an activating group) is 1. The number of nitrogens with zero attached hydrogens (tertiary/aromatic N) is 2. The molecule has 1 saturated carbocycles. The van der Waals surface area contributed by atoms with Crippen LogP contribution in [0.4, 0.5) is 0 Å². The lowest BCUT2D eigenvalue weighted by Gasteiger charge is -2.28. The average Bonchev–Trinajstić information content (AvgIpc) is 2.50. The van der Waals surface area contributed by atoms with E-state index in [-0.39, 0.29) is 0 Å². The highest BCUT2D eigenvalue weighted by Gasteiger charge is 2.18. The van der Waals surface area contributed by atoms with Crippen LogP contribution in [0.25, 0.3) is 0 Å². The summed E-state index contributed by atoms with van der Waals surface area (Å²) in [6.07, 6.45) is 6.31. The highest BCUT2D eigenvalue weighted by atomic mass is 16.5. The van der Waals surface area contributed by atoms with Crippen molar-refractivity contribution in [3.63, 3.8) is 0 Å². The second kappa shape index (κ2) is 10.9. The fourth-order valence-electron chi connectivity index (χ4n) is 2.71. The summed E-state index contributed by atoms with van der Waals surface area (Å²) in [7, 11) is 5.73. The first-order valence-corrected chi connectivity index (χ1v) is 8.30. The van der Waals surface area contributed by atoms with Crippen molar-refractivity contribution in [1.82, 2.24) is 15.5 Å². The standard InChI is InChI=1S/C16H34N4O/c1-14-6-8-15(9-7-14)19-16(17-2)18-10-5-11-20(3)12-13-21-4/h14-15H,5-13H2,1-4H3,(H2,17,18,19). The third-order valence-electron chi connectivity index (χ3n) is 4.27. The largest absolute Gasteiger partial charge is 0.383 e. The molecule has 0 amide bonds. The predicted molar refractivity (Wildman–Crippen MR) is 89.9 cm³/mol. The van der Waals surface area contributed by atoms with Gasteiger partial charge in [-0.3, -0.25) is 4.99 Å². The average molecular weight is 298 g/mol. The van der Waals surface area contributed by atoms with Crippen molar-refractivity contribution in [1.29, 1.82) is 0 Å². The third-order valence-corrected chi connectivity index (χ3v) is 4.27. The first-order chi connectivity index (χ1) is 10.2. The van der Waals surface area contributed by atoms with E-state index in [1.165, 1.54) is 25.7 Å². The fourth-order valence-corrected chi connectivity index (χ4v) is 2.71. The van der Waals surface area contributed by atoms with Crippen LogP contribution in [0.3, 0.4) is 0 Å². The zero-order chi connectivity index (χ0) is 15.5. The minimum atomic E-state index is 0.594. The van der Waals surface area contributed by atoms with E-state index < -0.39 is 0 Å². The van der Waals surface area contributed by atoms with Gasteiger partial charge in [0, 0.05) is 33.3 Å². The first-order valence-electron chi connectivity index (χ1n) is 8.30. The summed E-state index contributed by atoms with van der Waals surface area (Å²) in [5, 5.41) is 6.97. The van der Waals surface area contributed by atoms with Gasteiger partial charge in [0.1, 0.15) is 0 Å². The summed E-state index contributed by atoms with van der Waals surface area (Å²) in [6, 6.07) is 0.594. The Kier molecular flexibility index (Phi) is 9.42. The van der Waals surface area contributed by atoms with Gasteiger partial charge in [-0.2, -0.15) is 0 Å². The molecular weight excluding hydrogens is 264 g/mol. The number of hydrogen-bond donors (Lipinski definition) is 2. The molecule has 0 aromatic rings. The van der Waals surface area contributed by atoms with E-state index in [0.717, 1.165) is 44.5 Å². The Bertz CT molecular complexity index is 288. The molecule has 0 aromatic carbocycles. The number of nitrogens with one attached hydrogen (secondary N) is 2. The van der Waals surface area contributed by atoms with Crippen LogP contribution in [0, 0.1) is 5.92 Å². The molecule has 21 heavy (non-hydrogen) atoms. The monoisotopic (exact) mass is 298 g/mol. The van der Waals surface area contributed by atoms with Crippen molar-refractivity contribution in [2.75, 3.05) is 47.4 Å². The molecule has 0 heterocycles. The van der Waals surface area contributed by atoms with Gasteiger partial charge in [-0.05, 0) is 51.6 Å². The lowest BCUT2D eigenvalue weighted by molar-refractivity contribution is 0.161. The summed E-state index contributed by atoms with van der Waals surface area (Å²) >= 11 is 0. The Morgan fingerprint density at radius 2 is 1.95 bits per heavy atom. The van der Waals surface area contributed by atoms with E-state index in [0.29, 0.717) is 6.04 Å². The number of methoxy groups -OCH3 is 1. The Morgan fingerprint density at radius 1 is 1.24 bits per heavy atom. The van der Waals surface area contributed by atoms with Gasteiger partial charge in [0.15, 0.2) is 5.96 Å². The molecule has 0 bridgehead atoms. The van der Waals surface area contributed by atoms with Crippen molar-refractivity contribution in [3.05, 3.63) is 0 Å². The summed E-state index contributed by atoms with van der Waals surface area (Å²) in [5.41, 5.74) is 0. The van der Waals surface area contributed by atoms with Crippen molar-refractivity contribution in [3.8, 4) is 0 Å². The molecule has 0 spiro atoms. The van der Waals surface area contributed by atoms with Gasteiger partial charge in [0.05, 0.1) is 6.61 Å². The van der Waals surface area contributed by atoms with Gasteiger partial charge in [0.25, 0.3) is 0 Å². The fraction of sp³-hybridized carbons (Fsp3) is 0.938. The van der Waals surface area contributed by atoms with Gasteiger partial charge in [-0.1, -0.05) is 6.92 Å². The zero-order valence-corrected chi connectivity index (χ0v) is 14.3. The summed E-state index contributed by atoms with van der Waals surface area (Å²) in [4.78, 5) is 6.62. The van der Waals surface area contributed by atoms with Crippen LogP contribution in [0.15, 0.2) is 4.99 Å². The molecular formula is C16H34N4O. The van der Waals surface area contributed by atoms with Crippen LogP contribution < -0.4 is 10.6 Å². The maximum atomic E-state index is 5.08. The normalized spacial score (nSPS) is 23.4. The molecule has 1 aliphatic carbocycles. The van der Waals surface area contributed by atoms with Crippen LogP contribution >= 0.6 is 0 Å². The highest BCUT2D eigenvalue weighted by Crippen LogP contribution is 2.23. The van der Waals surface area contributed by atoms with Gasteiger partial charge in [-0.15, -0.1) is 0 Å². The Morgan fingerprint density at radius 3 is 2.57 bits per heavy atom. The molecule has 5 heteroatoms. The van der Waals surface area contributed by atoms with E-state index >= 15 is 0 Å². The van der Waals surface area contributed by atoms with Crippen LogP contribution in [-0.4, -0.2) is 64.3 Å². The second-order valence-corrected chi connectivity index (χ2v) is 6.25. The zero-order valence-electron chi connectivity index (χ0n) is 14.3. The van der Waals surface area contributed by atoms with Crippen molar-refractivity contribution >= 4 is 5.96 Å². The quantitative estimate of drug-likeness (QED) is 0.407. The predicted octanol–water partition coefficient (Wildman–Crippen LogP) is 1.70. The number of hydrogen-bond acceptors (Lipinski definition) is 3. The summed E-state index contributed by atoms with van der Waals surface area (Å²) in [5.74, 6) is 1.84. The van der Waals surface area contributed by atoms with Crippen LogP contribution in [-0.2, 0) is 4.74 Å². The first kappa shape index (κ1) is 18.2. The highest BCUT2D eigenvalue weighted by molar-refractivity contribution is 5.79. The van der Waals surface area contributed by atoms with Crippen LogP contribution in [0.2, 0.25) is 0 Å². The van der Waals surface area contributed by atoms with Crippen molar-refractivity contribution in [2.45, 2.75) is 45.1 Å². The molecule has 2 N–H and O–H groups in total. The second-order valence-electron chi connectivity index (χ2n) is 6.25. The molecule has 0 aliphatic heterocycles. The molecule has 124 valence electrons. The SMILES string of the molecule is CN=C(NCCCN(C)CCOC)NC1CCC(C)CC1. The van der Waals surface area contributed by atoms with Gasteiger partial charge in [-0.25, -0.2) is 0 Å². The number of aliphatic imine (C=N–C) groups is 1. The summed E-state index contributed by atoms with van der Waals surface area (Å²) in [6.45, 7) is 6.18. The molecule has 0 radical (unpaired) electrons. The van der Waals surface area contributed by atoms with E-state index in [1.54, 1.807) is 7.11 Å². The minimum Gasteiger partial charge on any atom is -0.383 e. The Hall–Kier alpha value is -0.810. The number of guanidine groups is 1.